The minimum atomic E-state index is -0.582. The van der Waals surface area contributed by atoms with Crippen molar-refractivity contribution in [1.82, 2.24) is 0 Å². The third-order valence-electron chi connectivity index (χ3n) is 4.50. The van der Waals surface area contributed by atoms with Gasteiger partial charge in [0.25, 0.3) is 5.91 Å². The molecule has 0 bridgehead atoms. The average molecular weight is 398 g/mol. The number of esters is 1. The molecule has 152 valence electrons. The molecule has 1 fully saturated rings. The summed E-state index contributed by atoms with van der Waals surface area (Å²) in [5.41, 5.74) is 1.36. The zero-order valence-electron chi connectivity index (χ0n) is 16.3. The monoisotopic (exact) mass is 398 g/mol. The lowest BCUT2D eigenvalue weighted by Crippen LogP contribution is -2.27. The number of carbonyl (C=O) groups excluding carboxylic acids is 3. The van der Waals surface area contributed by atoms with Gasteiger partial charge in [-0.05, 0) is 30.7 Å². The van der Waals surface area contributed by atoms with Crippen LogP contribution in [0.25, 0.3) is 0 Å². The van der Waals surface area contributed by atoms with Gasteiger partial charge >= 0.3 is 5.97 Å². The molecule has 0 atom stereocenters. The maximum atomic E-state index is 12.5. The molecule has 1 heterocycles. The fraction of sp³-hybridized carbons (Fsp3) is 0.286. The smallest absolute Gasteiger partial charge is 0.341 e. The van der Waals surface area contributed by atoms with Crippen molar-refractivity contribution in [3.05, 3.63) is 48.0 Å². The number of benzene rings is 2. The van der Waals surface area contributed by atoms with Crippen LogP contribution >= 0.6 is 0 Å². The Balaban J connectivity index is 1.71. The Hall–Kier alpha value is -3.55. The summed E-state index contributed by atoms with van der Waals surface area (Å²) in [4.78, 5) is 38.1. The maximum Gasteiger partial charge on any atom is 0.341 e. The summed E-state index contributed by atoms with van der Waals surface area (Å²) in [5, 5.41) is 2.76. The van der Waals surface area contributed by atoms with Crippen LogP contribution in [0.15, 0.2) is 42.5 Å². The predicted molar refractivity (Wildman–Crippen MR) is 106 cm³/mol. The highest BCUT2D eigenvalue weighted by atomic mass is 16.5. The molecule has 1 N–H and O–H groups in total. The van der Waals surface area contributed by atoms with Crippen molar-refractivity contribution < 1.29 is 28.6 Å². The van der Waals surface area contributed by atoms with E-state index in [4.69, 9.17) is 14.2 Å². The lowest BCUT2D eigenvalue weighted by Gasteiger charge is -2.20. The summed E-state index contributed by atoms with van der Waals surface area (Å²) in [5.74, 6) is -0.328. The number of ether oxygens (including phenoxy) is 3. The molecular weight excluding hydrogens is 376 g/mol. The van der Waals surface area contributed by atoms with Crippen molar-refractivity contribution in [2.75, 3.05) is 37.6 Å². The molecule has 0 saturated carbocycles. The first-order valence-electron chi connectivity index (χ1n) is 9.12. The van der Waals surface area contributed by atoms with E-state index in [9.17, 15) is 14.4 Å². The number of rotatable bonds is 7. The highest BCUT2D eigenvalue weighted by molar-refractivity contribution is 6.02. The van der Waals surface area contributed by atoms with E-state index in [1.54, 1.807) is 29.2 Å². The van der Waals surface area contributed by atoms with Crippen LogP contribution < -0.4 is 19.7 Å². The Kier molecular flexibility index (Phi) is 6.33. The van der Waals surface area contributed by atoms with Crippen molar-refractivity contribution in [3.63, 3.8) is 0 Å². The molecule has 0 unspecified atom stereocenters. The van der Waals surface area contributed by atoms with E-state index in [-0.39, 0.29) is 23.8 Å². The molecule has 0 aliphatic carbocycles. The van der Waals surface area contributed by atoms with E-state index in [0.29, 0.717) is 30.1 Å². The van der Waals surface area contributed by atoms with Gasteiger partial charge in [0.2, 0.25) is 5.91 Å². The first-order chi connectivity index (χ1) is 14.0. The van der Waals surface area contributed by atoms with Gasteiger partial charge in [-0.3, -0.25) is 9.59 Å². The number of carbonyl (C=O) groups is 3. The van der Waals surface area contributed by atoms with Crippen LogP contribution in [-0.2, 0) is 14.3 Å². The number of anilines is 2. The molecular formula is C21H22N2O6. The molecule has 29 heavy (non-hydrogen) atoms. The Morgan fingerprint density at radius 3 is 2.62 bits per heavy atom. The molecule has 0 aromatic heterocycles. The fourth-order valence-corrected chi connectivity index (χ4v) is 3.07. The topological polar surface area (TPSA) is 94.2 Å². The number of methoxy groups -OCH3 is 2. The fourth-order valence-electron chi connectivity index (χ4n) is 3.07. The Morgan fingerprint density at radius 1 is 1.14 bits per heavy atom. The minimum absolute atomic E-state index is 0.0297. The first-order valence-corrected chi connectivity index (χ1v) is 9.12. The van der Waals surface area contributed by atoms with Crippen molar-refractivity contribution in [2.24, 2.45) is 0 Å². The van der Waals surface area contributed by atoms with Gasteiger partial charge in [0.05, 0.1) is 25.6 Å². The summed E-state index contributed by atoms with van der Waals surface area (Å²) >= 11 is 0. The Bertz CT molecular complexity index is 927. The second-order valence-corrected chi connectivity index (χ2v) is 6.36. The number of amides is 2. The number of para-hydroxylation sites is 2. The second-order valence-electron chi connectivity index (χ2n) is 6.36. The SMILES string of the molecule is COC(=O)c1ccc(OC)cc1OCC(=O)Nc1ccccc1N1CCCC1=O. The first kappa shape index (κ1) is 20.2. The van der Waals surface area contributed by atoms with Gasteiger partial charge in [0.15, 0.2) is 6.61 Å². The van der Waals surface area contributed by atoms with Crippen LogP contribution in [0, 0.1) is 0 Å². The van der Waals surface area contributed by atoms with Gasteiger partial charge < -0.3 is 24.4 Å². The third-order valence-corrected chi connectivity index (χ3v) is 4.50. The van der Waals surface area contributed by atoms with Crippen LogP contribution in [-0.4, -0.2) is 45.2 Å². The summed E-state index contributed by atoms with van der Waals surface area (Å²) in [7, 11) is 2.75. The zero-order valence-corrected chi connectivity index (χ0v) is 16.3. The lowest BCUT2D eigenvalue weighted by atomic mass is 10.2. The van der Waals surface area contributed by atoms with Gasteiger partial charge in [-0.15, -0.1) is 0 Å². The van der Waals surface area contributed by atoms with E-state index in [2.05, 4.69) is 5.32 Å². The van der Waals surface area contributed by atoms with E-state index in [1.165, 1.54) is 26.4 Å². The molecule has 1 aliphatic heterocycles. The van der Waals surface area contributed by atoms with Crippen molar-refractivity contribution in [1.29, 1.82) is 0 Å². The zero-order chi connectivity index (χ0) is 20.8. The Morgan fingerprint density at radius 2 is 1.93 bits per heavy atom. The van der Waals surface area contributed by atoms with Crippen LogP contribution in [0.5, 0.6) is 11.5 Å². The molecule has 2 aromatic carbocycles. The lowest BCUT2D eigenvalue weighted by molar-refractivity contribution is -0.118. The molecule has 8 heteroatoms. The van der Waals surface area contributed by atoms with Gasteiger partial charge in [-0.1, -0.05) is 12.1 Å². The van der Waals surface area contributed by atoms with Crippen LogP contribution in [0.4, 0.5) is 11.4 Å². The summed E-state index contributed by atoms with van der Waals surface area (Å²) in [6.45, 7) is 0.286. The van der Waals surface area contributed by atoms with E-state index < -0.39 is 11.9 Å². The van der Waals surface area contributed by atoms with Gasteiger partial charge in [-0.25, -0.2) is 4.79 Å². The van der Waals surface area contributed by atoms with Crippen LogP contribution in [0.1, 0.15) is 23.2 Å². The molecule has 2 amide bonds. The number of nitrogens with one attached hydrogen (secondary N) is 1. The minimum Gasteiger partial charge on any atom is -0.497 e. The highest BCUT2D eigenvalue weighted by Gasteiger charge is 2.24. The summed E-state index contributed by atoms with van der Waals surface area (Å²) < 4.78 is 15.4. The maximum absolute atomic E-state index is 12.5. The molecule has 0 radical (unpaired) electrons. The predicted octanol–water partition coefficient (Wildman–Crippen LogP) is 2.63. The summed E-state index contributed by atoms with van der Waals surface area (Å²) in [6, 6.07) is 11.7. The third kappa shape index (κ3) is 4.66. The van der Waals surface area contributed by atoms with Gasteiger partial charge in [0.1, 0.15) is 17.1 Å². The van der Waals surface area contributed by atoms with E-state index in [1.807, 2.05) is 6.07 Å². The van der Waals surface area contributed by atoms with E-state index >= 15 is 0 Å². The van der Waals surface area contributed by atoms with Crippen molar-refractivity contribution in [3.8, 4) is 11.5 Å². The normalized spacial score (nSPS) is 13.2. The van der Waals surface area contributed by atoms with Crippen molar-refractivity contribution in [2.45, 2.75) is 12.8 Å². The summed E-state index contributed by atoms with van der Waals surface area (Å²) in [6.07, 6.45) is 1.29. The van der Waals surface area contributed by atoms with Crippen molar-refractivity contribution >= 4 is 29.2 Å². The van der Waals surface area contributed by atoms with E-state index in [0.717, 1.165) is 6.42 Å². The van der Waals surface area contributed by atoms with Gasteiger partial charge in [-0.2, -0.15) is 0 Å². The number of hydrogen-bond donors (Lipinski definition) is 1. The molecule has 2 aromatic rings. The second kappa shape index (κ2) is 9.09. The average Bonchev–Trinajstić information content (AvgIpc) is 3.17. The quantitative estimate of drug-likeness (QED) is 0.721. The Labute approximate surface area is 168 Å². The highest BCUT2D eigenvalue weighted by Crippen LogP contribution is 2.29. The van der Waals surface area contributed by atoms with Gasteiger partial charge in [0, 0.05) is 19.0 Å². The molecule has 1 saturated heterocycles. The molecule has 0 spiro atoms. The standard InChI is InChI=1S/C21H22N2O6/c1-27-14-9-10-15(21(26)28-2)18(12-14)29-13-19(24)22-16-6-3-4-7-17(16)23-11-5-8-20(23)25/h3-4,6-7,9-10,12H,5,8,11,13H2,1-2H3,(H,22,24). The molecule has 3 rings (SSSR count). The van der Waals surface area contributed by atoms with Crippen LogP contribution in [0.3, 0.4) is 0 Å². The number of nitrogens with zero attached hydrogens (tertiary/aromatic N) is 1. The largest absolute Gasteiger partial charge is 0.497 e. The number of hydrogen-bond acceptors (Lipinski definition) is 6. The van der Waals surface area contributed by atoms with Crippen LogP contribution in [0.2, 0.25) is 0 Å². The molecule has 8 nitrogen and oxygen atoms in total. The molecule has 1 aliphatic rings.